The van der Waals surface area contributed by atoms with Crippen molar-refractivity contribution in [2.45, 2.75) is 136 Å². The van der Waals surface area contributed by atoms with Gasteiger partial charge in [0.05, 0.1) is 36.6 Å². The molecule has 17 nitrogen and oxygen atoms in total. The summed E-state index contributed by atoms with van der Waals surface area (Å²) in [6, 6.07) is -2.82. The fraction of sp³-hybridized carbons (Fsp3) is 0.762. The first-order chi connectivity index (χ1) is 27.7. The van der Waals surface area contributed by atoms with Crippen molar-refractivity contribution in [3.05, 3.63) is 12.2 Å². The molecule has 2 rings (SSSR count). The third-order valence-corrected chi connectivity index (χ3v) is 11.8. The number of nitrogens with zero attached hydrogens (tertiary/aromatic N) is 4. The number of rotatable bonds is 25. The molecule has 0 radical (unpaired) electrons. The molecule has 334 valence electrons. The Kier molecular flexibility index (Phi) is 20.7. The van der Waals surface area contributed by atoms with Crippen LogP contribution < -0.4 is 10.6 Å². The second-order valence-electron chi connectivity index (χ2n) is 16.6. The van der Waals surface area contributed by atoms with E-state index in [-0.39, 0.29) is 66.7 Å². The van der Waals surface area contributed by atoms with Gasteiger partial charge in [0.2, 0.25) is 29.5 Å². The van der Waals surface area contributed by atoms with Crippen molar-refractivity contribution in [2.75, 3.05) is 47.9 Å². The fourth-order valence-corrected chi connectivity index (χ4v) is 8.23. The second-order valence-corrected chi connectivity index (χ2v) is 16.6. The number of hydrogen-bond donors (Lipinski definition) is 3. The van der Waals surface area contributed by atoms with Crippen LogP contribution in [-0.4, -0.2) is 156 Å². The molecule has 7 amide bonds. The maximum absolute atomic E-state index is 14.4. The van der Waals surface area contributed by atoms with Gasteiger partial charge in [0.25, 0.3) is 11.8 Å². The minimum Gasteiger partial charge on any atom is -0.480 e. The number of aliphatic carboxylic acids is 1. The van der Waals surface area contributed by atoms with Crippen molar-refractivity contribution < 1.29 is 52.9 Å². The van der Waals surface area contributed by atoms with Crippen molar-refractivity contribution in [3.8, 4) is 0 Å². The van der Waals surface area contributed by atoms with Crippen molar-refractivity contribution in [3.63, 3.8) is 0 Å². The number of likely N-dealkylation sites (N-methyl/N-ethyl adjacent to an activating group) is 2. The van der Waals surface area contributed by atoms with E-state index >= 15 is 0 Å². The van der Waals surface area contributed by atoms with Gasteiger partial charge in [-0.15, -0.1) is 0 Å². The third kappa shape index (κ3) is 13.8. The lowest BCUT2D eigenvalue weighted by Crippen LogP contribution is -2.60. The van der Waals surface area contributed by atoms with Gasteiger partial charge in [0.1, 0.15) is 18.6 Å². The number of carboxylic acid groups (broad SMARTS) is 1. The van der Waals surface area contributed by atoms with Crippen LogP contribution in [-0.2, 0) is 47.8 Å². The third-order valence-electron chi connectivity index (χ3n) is 11.8. The van der Waals surface area contributed by atoms with Crippen LogP contribution >= 0.6 is 0 Å². The smallest absolute Gasteiger partial charge is 0.322 e. The highest BCUT2D eigenvalue weighted by Crippen LogP contribution is 2.30. The van der Waals surface area contributed by atoms with Crippen LogP contribution in [0.25, 0.3) is 0 Å². The lowest BCUT2D eigenvalue weighted by Gasteiger charge is -2.41. The molecular weight excluding hydrogens is 764 g/mol. The van der Waals surface area contributed by atoms with Gasteiger partial charge in [-0.3, -0.25) is 43.3 Å². The second kappa shape index (κ2) is 24.0. The highest BCUT2D eigenvalue weighted by molar-refractivity contribution is 6.12. The molecule has 2 aliphatic rings. The first-order valence-corrected chi connectivity index (χ1v) is 20.9. The minimum atomic E-state index is -1.17. The topological polar surface area (TPSA) is 212 Å². The maximum atomic E-state index is 14.4. The quantitative estimate of drug-likeness (QED) is 0.0897. The lowest BCUT2D eigenvalue weighted by molar-refractivity contribution is -0.148. The summed E-state index contributed by atoms with van der Waals surface area (Å²) in [6.45, 7) is 13.1. The van der Waals surface area contributed by atoms with Gasteiger partial charge in [-0.1, -0.05) is 61.3 Å². The van der Waals surface area contributed by atoms with Gasteiger partial charge in [0.15, 0.2) is 0 Å². The van der Waals surface area contributed by atoms with Crippen LogP contribution in [0.1, 0.15) is 99.8 Å². The number of methoxy groups -OCH3 is 2. The van der Waals surface area contributed by atoms with Crippen molar-refractivity contribution in [2.24, 2.45) is 23.7 Å². The molecule has 0 spiro atoms. The number of amides is 7. The molecule has 8 atom stereocenters. The summed E-state index contributed by atoms with van der Waals surface area (Å²) in [6.07, 6.45) is 4.76. The zero-order valence-corrected chi connectivity index (χ0v) is 37.0. The van der Waals surface area contributed by atoms with E-state index in [2.05, 4.69) is 10.6 Å². The van der Waals surface area contributed by atoms with E-state index in [0.29, 0.717) is 45.1 Å². The van der Waals surface area contributed by atoms with Gasteiger partial charge in [0, 0.05) is 60.0 Å². The molecule has 1 fully saturated rings. The Morgan fingerprint density at radius 2 is 1.51 bits per heavy atom. The standard InChI is InChI=1S/C42H70N6O11/c1-12-27(6)38(30(58-10)23-34(52)47-22-16-17-29(47)39(59-11)28(7)40(55)43-24-35(53)54)46(9)42(57)36(25(2)3)44-41(56)37(26(4)5)45(8)31(49)18-14-13-15-21-48-32(50)19-20-33(48)51/h19-20,25-30,36-39H,12-18,21-24H2,1-11H3,(H,43,55)(H,44,56)(H,53,54)/t27-,28+,29-,30+,36-,37-,38-,39+/m0/s1. The Bertz CT molecular complexity index is 1500. The van der Waals surface area contributed by atoms with Crippen LogP contribution in [0.5, 0.6) is 0 Å². The number of imide groups is 1. The highest BCUT2D eigenvalue weighted by Gasteiger charge is 2.43. The first-order valence-electron chi connectivity index (χ1n) is 20.9. The molecular formula is C42H70N6O11. The SMILES string of the molecule is CC[C@H](C)[C@@H]([C@@H](CC(=O)N1CCC[C@H]1[C@H](OC)[C@@H](C)C(=O)NCC(=O)O)OC)N(C)C(=O)[C@@H](NC(=O)[C@H](C(C)C)N(C)C(=O)CCCCCN1C(=O)C=CC1=O)C(C)C. The molecule has 2 heterocycles. The number of likely N-dealkylation sites (tertiary alicyclic amines) is 1. The molecule has 0 bridgehead atoms. The molecule has 0 aliphatic carbocycles. The molecule has 0 unspecified atom stereocenters. The molecule has 17 heteroatoms. The molecule has 0 aromatic carbocycles. The van der Waals surface area contributed by atoms with E-state index in [1.165, 1.54) is 36.2 Å². The number of nitrogens with one attached hydrogen (secondary N) is 2. The molecule has 0 aromatic rings. The highest BCUT2D eigenvalue weighted by atomic mass is 16.5. The zero-order chi connectivity index (χ0) is 44.7. The van der Waals surface area contributed by atoms with Gasteiger partial charge >= 0.3 is 5.97 Å². The van der Waals surface area contributed by atoms with Crippen LogP contribution in [0, 0.1) is 23.7 Å². The van der Waals surface area contributed by atoms with E-state index in [9.17, 15) is 38.4 Å². The van der Waals surface area contributed by atoms with Gasteiger partial charge < -0.3 is 39.9 Å². The molecule has 2 aliphatic heterocycles. The number of carbonyl (C=O) groups is 8. The number of carbonyl (C=O) groups excluding carboxylic acids is 7. The number of unbranched alkanes of at least 4 members (excludes halogenated alkanes) is 2. The van der Waals surface area contributed by atoms with Crippen LogP contribution in [0.15, 0.2) is 12.2 Å². The summed E-state index contributed by atoms with van der Waals surface area (Å²) in [5.41, 5.74) is 0. The van der Waals surface area contributed by atoms with E-state index in [0.717, 1.165) is 0 Å². The minimum absolute atomic E-state index is 0.0671. The largest absolute Gasteiger partial charge is 0.480 e. The van der Waals surface area contributed by atoms with E-state index in [1.54, 1.807) is 30.8 Å². The molecule has 59 heavy (non-hydrogen) atoms. The summed E-state index contributed by atoms with van der Waals surface area (Å²) in [5.74, 6) is -5.13. The summed E-state index contributed by atoms with van der Waals surface area (Å²) in [5, 5.41) is 14.4. The Morgan fingerprint density at radius 1 is 0.881 bits per heavy atom. The Balaban J connectivity index is 2.18. The van der Waals surface area contributed by atoms with Crippen molar-refractivity contribution in [1.82, 2.24) is 30.2 Å². The predicted molar refractivity (Wildman–Crippen MR) is 219 cm³/mol. The van der Waals surface area contributed by atoms with Crippen molar-refractivity contribution >= 4 is 47.3 Å². The molecule has 0 saturated carbocycles. The van der Waals surface area contributed by atoms with Crippen molar-refractivity contribution in [1.29, 1.82) is 0 Å². The van der Waals surface area contributed by atoms with Gasteiger partial charge in [-0.05, 0) is 43.4 Å². The van der Waals surface area contributed by atoms with Gasteiger partial charge in [-0.25, -0.2) is 0 Å². The molecule has 3 N–H and O–H groups in total. The van der Waals surface area contributed by atoms with Crippen LogP contribution in [0.4, 0.5) is 0 Å². The number of hydrogen-bond acceptors (Lipinski definition) is 10. The van der Waals surface area contributed by atoms with E-state index in [4.69, 9.17) is 14.6 Å². The van der Waals surface area contributed by atoms with Crippen LogP contribution in [0.2, 0.25) is 0 Å². The summed E-state index contributed by atoms with van der Waals surface area (Å²) < 4.78 is 11.7. The zero-order valence-electron chi connectivity index (χ0n) is 37.0. The van der Waals surface area contributed by atoms with Crippen LogP contribution in [0.3, 0.4) is 0 Å². The number of carboxylic acids is 1. The average Bonchev–Trinajstić information content (AvgIpc) is 3.80. The Labute approximate surface area is 349 Å². The fourth-order valence-electron chi connectivity index (χ4n) is 8.23. The predicted octanol–water partition coefficient (Wildman–Crippen LogP) is 2.22. The first kappa shape index (κ1) is 50.8. The van der Waals surface area contributed by atoms with Gasteiger partial charge in [-0.2, -0.15) is 0 Å². The Hall–Kier alpha value is -4.38. The summed E-state index contributed by atoms with van der Waals surface area (Å²) in [4.78, 5) is 109. The Morgan fingerprint density at radius 3 is 2.03 bits per heavy atom. The monoisotopic (exact) mass is 835 g/mol. The summed E-state index contributed by atoms with van der Waals surface area (Å²) >= 11 is 0. The van der Waals surface area contributed by atoms with E-state index in [1.807, 2.05) is 41.5 Å². The lowest BCUT2D eigenvalue weighted by atomic mass is 9.89. The summed E-state index contributed by atoms with van der Waals surface area (Å²) in [7, 11) is 6.18. The molecule has 1 saturated heterocycles. The normalized spacial score (nSPS) is 19.0. The maximum Gasteiger partial charge on any atom is 0.322 e. The van der Waals surface area contributed by atoms with E-state index < -0.39 is 66.6 Å². The molecule has 0 aromatic heterocycles. The number of ether oxygens (including phenoxy) is 2. The average molecular weight is 835 g/mol.